The van der Waals surface area contributed by atoms with E-state index in [1.807, 2.05) is 0 Å². The van der Waals surface area contributed by atoms with Crippen molar-refractivity contribution in [2.45, 2.75) is 25.3 Å². The van der Waals surface area contributed by atoms with Crippen molar-refractivity contribution < 1.29 is 24.0 Å². The summed E-state index contributed by atoms with van der Waals surface area (Å²) in [6, 6.07) is 12.6. The Bertz CT molecular complexity index is 1190. The van der Waals surface area contributed by atoms with Gasteiger partial charge in [0.25, 0.3) is 11.6 Å². The van der Waals surface area contributed by atoms with Gasteiger partial charge >= 0.3 is 5.97 Å². The van der Waals surface area contributed by atoms with Crippen molar-refractivity contribution in [3.05, 3.63) is 82.0 Å². The molecule has 1 aromatic heterocycles. The molecule has 1 heterocycles. The van der Waals surface area contributed by atoms with Gasteiger partial charge in [0.1, 0.15) is 6.04 Å². The number of carbonyl (C=O) groups is 3. The molecule has 2 atom stereocenters. The molecule has 0 fully saturated rings. The lowest BCUT2D eigenvalue weighted by atomic mass is 9.87. The predicted molar refractivity (Wildman–Crippen MR) is 119 cm³/mol. The first-order chi connectivity index (χ1) is 15.8. The first-order valence-electron chi connectivity index (χ1n) is 10.2. The van der Waals surface area contributed by atoms with E-state index in [1.54, 1.807) is 31.2 Å². The van der Waals surface area contributed by atoms with Crippen LogP contribution in [-0.2, 0) is 14.3 Å². The summed E-state index contributed by atoms with van der Waals surface area (Å²) in [5.41, 5.74) is 6.75. The molecule has 3 aromatic rings. The summed E-state index contributed by atoms with van der Waals surface area (Å²) in [6.07, 6.45) is 1.21. The minimum Gasteiger partial charge on any atom is -0.466 e. The average Bonchev–Trinajstić information content (AvgIpc) is 2.80. The number of nitro groups is 1. The van der Waals surface area contributed by atoms with Crippen LogP contribution in [0.4, 0.5) is 5.69 Å². The number of pyridine rings is 1. The number of nitrogens with two attached hydrogens (primary N) is 1. The summed E-state index contributed by atoms with van der Waals surface area (Å²) in [5.74, 6) is -2.95. The standard InChI is InChI=1S/C23H22N4O6/c1-2-33-20(28)13-18(14-7-9-15(10-8-14)27(31)32)21(22(24)29)26-23(30)17-11-12-25-19-6-4-3-5-16(17)19/h3-12,18,21H,2,13H2,1H3,(H2,24,29)(H,26,30)/t18-,21+/m1/s1. The molecule has 170 valence electrons. The fraction of sp³-hybridized carbons (Fsp3) is 0.217. The zero-order valence-corrected chi connectivity index (χ0v) is 17.8. The molecule has 0 radical (unpaired) electrons. The summed E-state index contributed by atoms with van der Waals surface area (Å²) in [6.45, 7) is 1.77. The maximum absolute atomic E-state index is 13.1. The van der Waals surface area contributed by atoms with Gasteiger partial charge < -0.3 is 15.8 Å². The van der Waals surface area contributed by atoms with Crippen LogP contribution in [0.25, 0.3) is 10.9 Å². The lowest BCUT2D eigenvalue weighted by molar-refractivity contribution is -0.384. The maximum atomic E-state index is 13.1. The van der Waals surface area contributed by atoms with E-state index in [9.17, 15) is 24.5 Å². The number of rotatable bonds is 9. The van der Waals surface area contributed by atoms with Crippen LogP contribution in [0.2, 0.25) is 0 Å². The lowest BCUT2D eigenvalue weighted by Crippen LogP contribution is -2.48. The SMILES string of the molecule is CCOC(=O)C[C@H](c1ccc([N+](=O)[O-])cc1)[C@H](NC(=O)c1ccnc2ccccc12)C(N)=O. The van der Waals surface area contributed by atoms with Gasteiger partial charge in [-0.2, -0.15) is 0 Å². The monoisotopic (exact) mass is 450 g/mol. The van der Waals surface area contributed by atoms with E-state index >= 15 is 0 Å². The second-order valence-corrected chi connectivity index (χ2v) is 7.19. The maximum Gasteiger partial charge on any atom is 0.306 e. The first kappa shape index (κ1) is 23.3. The summed E-state index contributed by atoms with van der Waals surface area (Å²) < 4.78 is 5.01. The summed E-state index contributed by atoms with van der Waals surface area (Å²) in [7, 11) is 0. The Morgan fingerprint density at radius 1 is 1.12 bits per heavy atom. The Morgan fingerprint density at radius 3 is 2.45 bits per heavy atom. The van der Waals surface area contributed by atoms with Crippen LogP contribution in [0.3, 0.4) is 0 Å². The fourth-order valence-corrected chi connectivity index (χ4v) is 3.55. The second-order valence-electron chi connectivity index (χ2n) is 7.19. The third-order valence-electron chi connectivity index (χ3n) is 5.11. The highest BCUT2D eigenvalue weighted by atomic mass is 16.6. The number of benzene rings is 2. The van der Waals surface area contributed by atoms with Gasteiger partial charge in [0, 0.05) is 29.6 Å². The molecule has 33 heavy (non-hydrogen) atoms. The smallest absolute Gasteiger partial charge is 0.306 e. The van der Waals surface area contributed by atoms with Crippen LogP contribution in [0, 0.1) is 10.1 Å². The number of hydrogen-bond acceptors (Lipinski definition) is 7. The number of primary amides is 1. The zero-order valence-electron chi connectivity index (χ0n) is 17.8. The van der Waals surface area contributed by atoms with Crippen molar-refractivity contribution in [2.75, 3.05) is 6.61 Å². The number of carbonyl (C=O) groups excluding carboxylic acids is 3. The van der Waals surface area contributed by atoms with Crippen molar-refractivity contribution in [1.82, 2.24) is 10.3 Å². The van der Waals surface area contributed by atoms with E-state index in [1.165, 1.54) is 36.5 Å². The van der Waals surface area contributed by atoms with Crippen LogP contribution in [0.1, 0.15) is 35.2 Å². The molecule has 0 aliphatic heterocycles. The van der Waals surface area contributed by atoms with Crippen LogP contribution < -0.4 is 11.1 Å². The van der Waals surface area contributed by atoms with Crippen molar-refractivity contribution >= 4 is 34.4 Å². The van der Waals surface area contributed by atoms with Gasteiger partial charge in [0.2, 0.25) is 5.91 Å². The number of nitrogens with one attached hydrogen (secondary N) is 1. The van der Waals surface area contributed by atoms with E-state index in [0.29, 0.717) is 16.5 Å². The first-order valence-corrected chi connectivity index (χ1v) is 10.2. The van der Waals surface area contributed by atoms with Gasteiger partial charge in [-0.15, -0.1) is 0 Å². The number of amides is 2. The molecule has 0 spiro atoms. The largest absolute Gasteiger partial charge is 0.466 e. The Kier molecular flexibility index (Phi) is 7.29. The van der Waals surface area contributed by atoms with Crippen molar-refractivity contribution in [1.29, 1.82) is 0 Å². The third-order valence-corrected chi connectivity index (χ3v) is 5.11. The van der Waals surface area contributed by atoms with Crippen molar-refractivity contribution in [2.24, 2.45) is 5.73 Å². The van der Waals surface area contributed by atoms with E-state index in [0.717, 1.165) is 0 Å². The van der Waals surface area contributed by atoms with Crippen molar-refractivity contribution in [3.63, 3.8) is 0 Å². The molecule has 3 rings (SSSR count). The molecule has 10 heteroatoms. The molecule has 0 saturated heterocycles. The Hall–Kier alpha value is -4.34. The molecule has 10 nitrogen and oxygen atoms in total. The number of ether oxygens (including phenoxy) is 1. The molecular formula is C23H22N4O6. The fourth-order valence-electron chi connectivity index (χ4n) is 3.55. The Morgan fingerprint density at radius 2 is 1.82 bits per heavy atom. The Balaban J connectivity index is 1.97. The van der Waals surface area contributed by atoms with Gasteiger partial charge in [-0.25, -0.2) is 0 Å². The van der Waals surface area contributed by atoms with Gasteiger partial charge in [-0.3, -0.25) is 29.5 Å². The van der Waals surface area contributed by atoms with Gasteiger partial charge in [-0.1, -0.05) is 30.3 Å². The van der Waals surface area contributed by atoms with Crippen LogP contribution >= 0.6 is 0 Å². The molecule has 3 N–H and O–H groups in total. The number of para-hydroxylation sites is 1. The number of hydrogen-bond donors (Lipinski definition) is 2. The van der Waals surface area contributed by atoms with E-state index in [-0.39, 0.29) is 24.3 Å². The number of non-ortho nitro benzene ring substituents is 1. The molecule has 0 saturated carbocycles. The van der Waals surface area contributed by atoms with Gasteiger partial charge in [0.05, 0.1) is 29.0 Å². The normalized spacial score (nSPS) is 12.5. The minimum absolute atomic E-state index is 0.127. The molecule has 0 aliphatic rings. The number of nitrogens with zero attached hydrogens (tertiary/aromatic N) is 2. The molecule has 2 aromatic carbocycles. The second kappa shape index (κ2) is 10.3. The number of fused-ring (bicyclic) bond motifs is 1. The molecule has 2 amide bonds. The van der Waals surface area contributed by atoms with E-state index in [2.05, 4.69) is 10.3 Å². The Labute approximate surface area is 188 Å². The van der Waals surface area contributed by atoms with Gasteiger partial charge in [0.15, 0.2) is 0 Å². The molecule has 0 unspecified atom stereocenters. The molecule has 0 bridgehead atoms. The summed E-state index contributed by atoms with van der Waals surface area (Å²) in [4.78, 5) is 52.4. The summed E-state index contributed by atoms with van der Waals surface area (Å²) >= 11 is 0. The third kappa shape index (κ3) is 5.48. The lowest BCUT2D eigenvalue weighted by Gasteiger charge is -2.26. The predicted octanol–water partition coefficient (Wildman–Crippen LogP) is 2.46. The highest BCUT2D eigenvalue weighted by molar-refractivity contribution is 6.07. The van der Waals surface area contributed by atoms with E-state index in [4.69, 9.17) is 10.5 Å². The molecule has 0 aliphatic carbocycles. The van der Waals surface area contributed by atoms with Crippen LogP contribution in [-0.4, -0.2) is 40.3 Å². The van der Waals surface area contributed by atoms with Crippen LogP contribution in [0.5, 0.6) is 0 Å². The number of nitro benzene ring substituents is 1. The summed E-state index contributed by atoms with van der Waals surface area (Å²) in [5, 5.41) is 14.2. The average molecular weight is 450 g/mol. The number of aromatic nitrogens is 1. The topological polar surface area (TPSA) is 155 Å². The quantitative estimate of drug-likeness (QED) is 0.288. The van der Waals surface area contributed by atoms with Gasteiger partial charge in [-0.05, 0) is 24.6 Å². The zero-order chi connectivity index (χ0) is 24.0. The van der Waals surface area contributed by atoms with Crippen LogP contribution in [0.15, 0.2) is 60.8 Å². The highest BCUT2D eigenvalue weighted by Gasteiger charge is 2.33. The highest BCUT2D eigenvalue weighted by Crippen LogP contribution is 2.27. The molecular weight excluding hydrogens is 428 g/mol. The van der Waals surface area contributed by atoms with E-state index < -0.39 is 34.7 Å². The minimum atomic E-state index is -1.28. The van der Waals surface area contributed by atoms with Crippen molar-refractivity contribution in [3.8, 4) is 0 Å². The number of esters is 1.